The summed E-state index contributed by atoms with van der Waals surface area (Å²) in [6.45, 7) is 1.94. The second kappa shape index (κ2) is 4.03. The fraction of sp³-hybridized carbons (Fsp3) is 0.182. The molecule has 0 radical (unpaired) electrons. The first-order valence-electron chi connectivity index (χ1n) is 4.70. The zero-order valence-electron chi connectivity index (χ0n) is 8.24. The number of aryl methyl sites for hydroxylation is 1. The maximum absolute atomic E-state index is 13.4. The molecule has 0 aliphatic heterocycles. The van der Waals surface area contributed by atoms with Gasteiger partial charge in [-0.25, -0.2) is 4.98 Å². The van der Waals surface area contributed by atoms with Crippen LogP contribution < -0.4 is 0 Å². The lowest BCUT2D eigenvalue weighted by atomic mass is 10.3. The Labute approximate surface area is 92.3 Å². The van der Waals surface area contributed by atoms with E-state index in [1.165, 1.54) is 4.57 Å². The third-order valence-corrected chi connectivity index (χ3v) is 2.43. The first kappa shape index (κ1) is 10.2. The molecule has 0 aliphatic carbocycles. The van der Waals surface area contributed by atoms with Gasteiger partial charge in [0.05, 0.1) is 5.69 Å². The van der Waals surface area contributed by atoms with Gasteiger partial charge in [-0.2, -0.15) is 4.39 Å². The molecule has 4 heteroatoms. The van der Waals surface area contributed by atoms with Crippen molar-refractivity contribution in [1.82, 2.24) is 9.55 Å². The largest absolute Gasteiger partial charge is 0.294 e. The summed E-state index contributed by atoms with van der Waals surface area (Å²) in [6.07, 6.45) is 1.92. The van der Waals surface area contributed by atoms with Gasteiger partial charge >= 0.3 is 0 Å². The van der Waals surface area contributed by atoms with Gasteiger partial charge in [0.15, 0.2) is 0 Å². The van der Waals surface area contributed by atoms with Gasteiger partial charge in [0, 0.05) is 16.9 Å². The van der Waals surface area contributed by atoms with Gasteiger partial charge in [0.2, 0.25) is 0 Å². The summed E-state index contributed by atoms with van der Waals surface area (Å²) in [5, 5.41) is 0.634. The summed E-state index contributed by atoms with van der Waals surface area (Å²) in [7, 11) is 0. The van der Waals surface area contributed by atoms with Crippen molar-refractivity contribution in [3.05, 3.63) is 47.3 Å². The molecule has 0 bridgehead atoms. The highest BCUT2D eigenvalue weighted by Crippen LogP contribution is 2.15. The number of hydrogen-bond donors (Lipinski definition) is 0. The highest BCUT2D eigenvalue weighted by atomic mass is 35.5. The Morgan fingerprint density at radius 1 is 1.33 bits per heavy atom. The number of nitrogens with zero attached hydrogens (tertiary/aromatic N) is 2. The van der Waals surface area contributed by atoms with E-state index in [0.717, 1.165) is 17.8 Å². The van der Waals surface area contributed by atoms with Gasteiger partial charge in [-0.05, 0) is 30.7 Å². The molecule has 2 nitrogen and oxygen atoms in total. The van der Waals surface area contributed by atoms with Crippen molar-refractivity contribution in [1.29, 1.82) is 0 Å². The molecule has 0 unspecified atom stereocenters. The standard InChI is InChI=1S/C11H10ClFN2/c1-2-9-7-15(11(13)14-9)10-5-3-8(12)4-6-10/h3-7H,2H2,1H3. The maximum Gasteiger partial charge on any atom is 0.294 e. The quantitative estimate of drug-likeness (QED) is 0.766. The molecular formula is C11H10ClFN2. The maximum atomic E-state index is 13.4. The van der Waals surface area contributed by atoms with E-state index in [1.807, 2.05) is 6.92 Å². The molecule has 1 aromatic carbocycles. The van der Waals surface area contributed by atoms with Crippen LogP contribution >= 0.6 is 11.6 Å². The molecule has 0 N–H and O–H groups in total. The number of aromatic nitrogens is 2. The Kier molecular flexibility index (Phi) is 2.73. The summed E-state index contributed by atoms with van der Waals surface area (Å²) >= 11 is 5.75. The third kappa shape index (κ3) is 2.02. The molecule has 2 aromatic rings. The normalized spacial score (nSPS) is 10.6. The minimum atomic E-state index is -0.492. The van der Waals surface area contributed by atoms with Gasteiger partial charge in [0.25, 0.3) is 6.08 Å². The minimum absolute atomic E-state index is 0.492. The van der Waals surface area contributed by atoms with Crippen molar-refractivity contribution in [2.45, 2.75) is 13.3 Å². The minimum Gasteiger partial charge on any atom is -0.276 e. The second-order valence-corrected chi connectivity index (χ2v) is 3.64. The van der Waals surface area contributed by atoms with Crippen LogP contribution in [0.2, 0.25) is 5.02 Å². The second-order valence-electron chi connectivity index (χ2n) is 3.20. The van der Waals surface area contributed by atoms with E-state index in [1.54, 1.807) is 30.5 Å². The van der Waals surface area contributed by atoms with E-state index in [4.69, 9.17) is 11.6 Å². The number of hydrogen-bond acceptors (Lipinski definition) is 1. The van der Waals surface area contributed by atoms with E-state index in [0.29, 0.717) is 5.02 Å². The SMILES string of the molecule is CCc1cn(-c2ccc(Cl)cc2)c(F)n1. The molecule has 0 spiro atoms. The van der Waals surface area contributed by atoms with Crippen LogP contribution in [0.25, 0.3) is 5.69 Å². The zero-order chi connectivity index (χ0) is 10.8. The Balaban J connectivity index is 2.44. The van der Waals surface area contributed by atoms with Crippen LogP contribution in [0, 0.1) is 6.08 Å². The number of imidazole rings is 1. The van der Waals surface area contributed by atoms with E-state index in [2.05, 4.69) is 4.98 Å². The lowest BCUT2D eigenvalue weighted by Crippen LogP contribution is -1.95. The zero-order valence-corrected chi connectivity index (χ0v) is 9.00. The third-order valence-electron chi connectivity index (χ3n) is 2.18. The number of rotatable bonds is 2. The molecule has 0 saturated carbocycles. The molecular weight excluding hydrogens is 215 g/mol. The predicted octanol–water partition coefficient (Wildman–Crippen LogP) is 3.23. The summed E-state index contributed by atoms with van der Waals surface area (Å²) in [5.74, 6) is 0. The molecule has 0 saturated heterocycles. The van der Waals surface area contributed by atoms with E-state index in [9.17, 15) is 4.39 Å². The topological polar surface area (TPSA) is 17.8 Å². The summed E-state index contributed by atoms with van der Waals surface area (Å²) < 4.78 is 14.8. The van der Waals surface area contributed by atoms with Crippen LogP contribution in [-0.4, -0.2) is 9.55 Å². The highest BCUT2D eigenvalue weighted by molar-refractivity contribution is 6.30. The molecule has 2 rings (SSSR count). The molecule has 0 aliphatic rings. The fourth-order valence-corrected chi connectivity index (χ4v) is 1.48. The predicted molar refractivity (Wildman–Crippen MR) is 57.9 cm³/mol. The van der Waals surface area contributed by atoms with Crippen LogP contribution in [0.1, 0.15) is 12.6 Å². The molecule has 15 heavy (non-hydrogen) atoms. The van der Waals surface area contributed by atoms with Crippen molar-refractivity contribution >= 4 is 11.6 Å². The molecule has 0 fully saturated rings. The lowest BCUT2D eigenvalue weighted by molar-refractivity contribution is 0.521. The fourth-order valence-electron chi connectivity index (χ4n) is 1.36. The van der Waals surface area contributed by atoms with Gasteiger partial charge in [-0.1, -0.05) is 18.5 Å². The van der Waals surface area contributed by atoms with E-state index < -0.39 is 6.08 Å². The Morgan fingerprint density at radius 2 is 2.00 bits per heavy atom. The number of halogens is 2. The van der Waals surface area contributed by atoms with Crippen LogP contribution in [-0.2, 0) is 6.42 Å². The Hall–Kier alpha value is -1.35. The first-order valence-corrected chi connectivity index (χ1v) is 5.08. The summed E-state index contributed by atoms with van der Waals surface area (Å²) in [6, 6.07) is 6.96. The van der Waals surface area contributed by atoms with Gasteiger partial charge in [-0.15, -0.1) is 0 Å². The molecule has 0 amide bonds. The van der Waals surface area contributed by atoms with Crippen molar-refractivity contribution in [2.75, 3.05) is 0 Å². The highest BCUT2D eigenvalue weighted by Gasteiger charge is 2.07. The lowest BCUT2D eigenvalue weighted by Gasteiger charge is -2.01. The molecule has 78 valence electrons. The average Bonchev–Trinajstić information content (AvgIpc) is 2.61. The van der Waals surface area contributed by atoms with Crippen molar-refractivity contribution in [3.8, 4) is 5.69 Å². The Morgan fingerprint density at radius 3 is 2.53 bits per heavy atom. The van der Waals surface area contributed by atoms with Crippen molar-refractivity contribution in [2.24, 2.45) is 0 Å². The van der Waals surface area contributed by atoms with Crippen LogP contribution in [0.3, 0.4) is 0 Å². The molecule has 1 heterocycles. The Bertz CT molecular complexity index is 462. The van der Waals surface area contributed by atoms with Crippen LogP contribution in [0.5, 0.6) is 0 Å². The molecule has 0 atom stereocenters. The monoisotopic (exact) mass is 224 g/mol. The first-order chi connectivity index (χ1) is 7.20. The molecule has 1 aromatic heterocycles. The van der Waals surface area contributed by atoms with E-state index >= 15 is 0 Å². The van der Waals surface area contributed by atoms with Gasteiger partial charge in [-0.3, -0.25) is 4.57 Å². The summed E-state index contributed by atoms with van der Waals surface area (Å²) in [4.78, 5) is 3.79. The van der Waals surface area contributed by atoms with E-state index in [-0.39, 0.29) is 0 Å². The van der Waals surface area contributed by atoms with Crippen LogP contribution in [0.15, 0.2) is 30.5 Å². The smallest absolute Gasteiger partial charge is 0.276 e. The van der Waals surface area contributed by atoms with Crippen molar-refractivity contribution in [3.63, 3.8) is 0 Å². The van der Waals surface area contributed by atoms with Crippen molar-refractivity contribution < 1.29 is 4.39 Å². The number of benzene rings is 1. The van der Waals surface area contributed by atoms with Gasteiger partial charge < -0.3 is 0 Å². The summed E-state index contributed by atoms with van der Waals surface area (Å²) in [5.41, 5.74) is 1.46. The van der Waals surface area contributed by atoms with Crippen LogP contribution in [0.4, 0.5) is 4.39 Å². The average molecular weight is 225 g/mol. The van der Waals surface area contributed by atoms with Gasteiger partial charge in [0.1, 0.15) is 0 Å².